The molecule has 0 aliphatic carbocycles. The van der Waals surface area contributed by atoms with Gasteiger partial charge in [0.05, 0.1) is 24.0 Å². The van der Waals surface area contributed by atoms with E-state index in [2.05, 4.69) is 50.2 Å². The van der Waals surface area contributed by atoms with Crippen molar-refractivity contribution in [2.75, 3.05) is 24.2 Å². The van der Waals surface area contributed by atoms with Crippen LogP contribution >= 0.6 is 17.2 Å². The number of nitrogens with zero attached hydrogens (tertiary/aromatic N) is 1. The number of pyridine rings is 1. The van der Waals surface area contributed by atoms with E-state index in [1.165, 1.54) is 11.8 Å². The van der Waals surface area contributed by atoms with Gasteiger partial charge in [0.15, 0.2) is 0 Å². The number of amides is 2. The van der Waals surface area contributed by atoms with Crippen LogP contribution in [-0.2, 0) is 14.9 Å². The first kappa shape index (κ1) is 28.0. The Kier molecular flexibility index (Phi) is 11.7. The lowest BCUT2D eigenvalue weighted by Crippen LogP contribution is -2.29. The van der Waals surface area contributed by atoms with Crippen LogP contribution in [0.25, 0.3) is 0 Å². The zero-order valence-corrected chi connectivity index (χ0v) is 22.7. The molecule has 2 atom stereocenters. The third-order valence-electron chi connectivity index (χ3n) is 4.83. The lowest BCUT2D eigenvalue weighted by Gasteiger charge is -2.19. The lowest BCUT2D eigenvalue weighted by molar-refractivity contribution is -0.121. The number of rotatable bonds is 12. The van der Waals surface area contributed by atoms with Crippen molar-refractivity contribution in [3.8, 4) is 11.6 Å². The average molecular weight is 506 g/mol. The highest BCUT2D eigenvalue weighted by Crippen LogP contribution is 2.31. The summed E-state index contributed by atoms with van der Waals surface area (Å²) in [5.41, 5.74) is 2.10. The number of carbonyl (C=O) groups is 2. The molecule has 0 aliphatic heterocycles. The fraction of sp³-hybridized carbons (Fsp3) is 0.480. The van der Waals surface area contributed by atoms with Crippen molar-refractivity contribution in [3.05, 3.63) is 48.2 Å². The van der Waals surface area contributed by atoms with E-state index < -0.39 is 6.09 Å². The Morgan fingerprint density at radius 1 is 1.03 bits per heavy atom. The fourth-order valence-corrected chi connectivity index (χ4v) is 6.17. The molecule has 0 saturated heterocycles. The van der Waals surface area contributed by atoms with Gasteiger partial charge >= 0.3 is 6.09 Å². The number of ether oxygens (including phenoxy) is 2. The molecule has 9 heteroatoms. The molecule has 0 radical (unpaired) electrons. The summed E-state index contributed by atoms with van der Waals surface area (Å²) < 4.78 is 10.9. The Morgan fingerprint density at radius 3 is 2.26 bits per heavy atom. The van der Waals surface area contributed by atoms with Crippen molar-refractivity contribution in [2.24, 2.45) is 0 Å². The Morgan fingerprint density at radius 2 is 1.71 bits per heavy atom. The molecule has 0 bridgehead atoms. The predicted molar refractivity (Wildman–Crippen MR) is 143 cm³/mol. The van der Waals surface area contributed by atoms with Gasteiger partial charge in [0.2, 0.25) is 11.8 Å². The highest BCUT2D eigenvalue weighted by molar-refractivity contribution is 7.57. The SMILES string of the molecule is CCPC(NC(=O)CCCOC(=O)Nc1ccc(Oc2ccc(C(C)(C)C)cc2)nc1)PCC. The van der Waals surface area contributed by atoms with Crippen LogP contribution in [-0.4, -0.2) is 41.4 Å². The smallest absolute Gasteiger partial charge is 0.411 e. The highest BCUT2D eigenvalue weighted by Gasteiger charge is 2.13. The zero-order valence-electron chi connectivity index (χ0n) is 20.7. The summed E-state index contributed by atoms with van der Waals surface area (Å²) >= 11 is 0. The van der Waals surface area contributed by atoms with Gasteiger partial charge in [-0.05, 0) is 47.9 Å². The summed E-state index contributed by atoms with van der Waals surface area (Å²) in [5.74, 6) is 1.14. The summed E-state index contributed by atoms with van der Waals surface area (Å²) in [5, 5.41) is 5.72. The van der Waals surface area contributed by atoms with Crippen molar-refractivity contribution in [2.45, 2.75) is 58.4 Å². The minimum Gasteiger partial charge on any atom is -0.449 e. The van der Waals surface area contributed by atoms with Crippen LogP contribution in [0.1, 0.15) is 53.0 Å². The number of nitrogens with one attached hydrogen (secondary N) is 2. The van der Waals surface area contributed by atoms with E-state index in [0.29, 0.717) is 30.2 Å². The van der Waals surface area contributed by atoms with E-state index in [1.54, 1.807) is 12.1 Å². The minimum absolute atomic E-state index is 0.0174. The van der Waals surface area contributed by atoms with Gasteiger partial charge in [-0.2, -0.15) is 0 Å². The number of hydrogen-bond acceptors (Lipinski definition) is 5. The number of benzene rings is 1. The van der Waals surface area contributed by atoms with E-state index in [1.807, 2.05) is 24.3 Å². The Balaban J connectivity index is 1.71. The Labute approximate surface area is 206 Å². The normalized spacial score (nSPS) is 12.7. The highest BCUT2D eigenvalue weighted by atomic mass is 31.1. The molecule has 0 spiro atoms. The van der Waals surface area contributed by atoms with Crippen LogP contribution in [0.15, 0.2) is 42.6 Å². The van der Waals surface area contributed by atoms with Gasteiger partial charge in [-0.25, -0.2) is 9.78 Å². The van der Waals surface area contributed by atoms with Crippen LogP contribution < -0.4 is 15.4 Å². The molecule has 7 nitrogen and oxygen atoms in total. The molecular formula is C25H37N3O4P2. The zero-order chi connectivity index (χ0) is 25.0. The second-order valence-corrected chi connectivity index (χ2v) is 12.7. The summed E-state index contributed by atoms with van der Waals surface area (Å²) in [4.78, 5) is 28.3. The van der Waals surface area contributed by atoms with E-state index >= 15 is 0 Å². The second-order valence-electron chi connectivity index (χ2n) is 8.74. The molecule has 1 aromatic carbocycles. The largest absolute Gasteiger partial charge is 0.449 e. The number of carbonyl (C=O) groups excluding carboxylic acids is 2. The molecule has 2 aromatic rings. The van der Waals surface area contributed by atoms with E-state index in [-0.39, 0.29) is 23.5 Å². The maximum absolute atomic E-state index is 12.1. The first-order valence-electron chi connectivity index (χ1n) is 11.7. The van der Waals surface area contributed by atoms with Crippen molar-refractivity contribution in [1.82, 2.24) is 10.3 Å². The third kappa shape index (κ3) is 10.4. The number of anilines is 1. The predicted octanol–water partition coefficient (Wildman–Crippen LogP) is 6.30. The molecule has 2 amide bonds. The standard InChI is InChI=1S/C25H37N3O4P2/c1-6-33-24(34-7-2)28-21(29)9-8-16-31-23(30)27-19-12-15-22(26-17-19)32-20-13-10-18(11-14-20)25(3,4)5/h10-15,17,24,33-34H,6-9,16H2,1-5H3,(H,27,30)(H,28,29). The monoisotopic (exact) mass is 505 g/mol. The molecule has 0 saturated carbocycles. The van der Waals surface area contributed by atoms with Crippen LogP contribution in [0.3, 0.4) is 0 Å². The fourth-order valence-electron chi connectivity index (χ4n) is 3.03. The molecule has 2 N–H and O–H groups in total. The second kappa shape index (κ2) is 14.2. The molecule has 186 valence electrons. The average Bonchev–Trinajstić information content (AvgIpc) is 2.78. The van der Waals surface area contributed by atoms with Crippen molar-refractivity contribution in [3.63, 3.8) is 0 Å². The number of hydrogen-bond donors (Lipinski definition) is 2. The van der Waals surface area contributed by atoms with Crippen LogP contribution in [0.5, 0.6) is 11.6 Å². The Hall–Kier alpha value is -2.23. The van der Waals surface area contributed by atoms with E-state index in [0.717, 1.165) is 29.5 Å². The van der Waals surface area contributed by atoms with Gasteiger partial charge in [0, 0.05) is 12.5 Å². The van der Waals surface area contributed by atoms with Gasteiger partial charge < -0.3 is 14.8 Å². The first-order chi connectivity index (χ1) is 16.2. The molecular weight excluding hydrogens is 468 g/mol. The topological polar surface area (TPSA) is 89.5 Å². The molecule has 34 heavy (non-hydrogen) atoms. The summed E-state index contributed by atoms with van der Waals surface area (Å²) in [6.07, 6.45) is 3.91. The van der Waals surface area contributed by atoms with Gasteiger partial charge in [-0.15, -0.1) is 0 Å². The van der Waals surface area contributed by atoms with E-state index in [9.17, 15) is 9.59 Å². The molecule has 2 unspecified atom stereocenters. The van der Waals surface area contributed by atoms with E-state index in [4.69, 9.17) is 9.47 Å². The molecule has 1 aromatic heterocycles. The minimum atomic E-state index is -0.577. The van der Waals surface area contributed by atoms with Gasteiger partial charge in [0.1, 0.15) is 5.75 Å². The summed E-state index contributed by atoms with van der Waals surface area (Å²) in [6, 6.07) is 11.3. The molecule has 2 rings (SSSR count). The summed E-state index contributed by atoms with van der Waals surface area (Å²) in [7, 11) is 1.50. The molecule has 0 fully saturated rings. The number of aromatic nitrogens is 1. The third-order valence-corrected chi connectivity index (χ3v) is 7.98. The summed E-state index contributed by atoms with van der Waals surface area (Å²) in [6.45, 7) is 10.9. The van der Waals surface area contributed by atoms with Crippen molar-refractivity contribution < 1.29 is 19.1 Å². The lowest BCUT2D eigenvalue weighted by atomic mass is 9.87. The quantitative estimate of drug-likeness (QED) is 0.261. The molecule has 1 heterocycles. The van der Waals surface area contributed by atoms with Gasteiger partial charge in [0.25, 0.3) is 0 Å². The van der Waals surface area contributed by atoms with Crippen molar-refractivity contribution >= 4 is 34.8 Å². The molecule has 0 aliphatic rings. The van der Waals surface area contributed by atoms with Gasteiger partial charge in [-0.3, -0.25) is 10.1 Å². The van der Waals surface area contributed by atoms with Crippen LogP contribution in [0.4, 0.5) is 10.5 Å². The Bertz CT molecular complexity index is 894. The maximum atomic E-state index is 12.1. The maximum Gasteiger partial charge on any atom is 0.411 e. The van der Waals surface area contributed by atoms with Crippen molar-refractivity contribution in [1.29, 1.82) is 0 Å². The van der Waals surface area contributed by atoms with Crippen LogP contribution in [0.2, 0.25) is 0 Å². The van der Waals surface area contributed by atoms with Crippen LogP contribution in [0, 0.1) is 0 Å². The first-order valence-corrected chi connectivity index (χ1v) is 14.2. The van der Waals surface area contributed by atoms with Gasteiger partial charge in [-0.1, -0.05) is 63.9 Å².